The number of nitrogens with zero attached hydrogens (tertiary/aromatic N) is 1. The van der Waals surface area contributed by atoms with Gasteiger partial charge in [-0.2, -0.15) is 0 Å². The molecule has 0 amide bonds. The Morgan fingerprint density at radius 2 is 2.06 bits per heavy atom. The van der Waals surface area contributed by atoms with Crippen molar-refractivity contribution in [2.24, 2.45) is 0 Å². The fourth-order valence-electron chi connectivity index (χ4n) is 2.05. The largest absolute Gasteiger partial charge is 0.306 e. The molecule has 0 aliphatic heterocycles. The van der Waals surface area contributed by atoms with Crippen LogP contribution in [0, 0.1) is 13.8 Å². The van der Waals surface area contributed by atoms with Gasteiger partial charge in [0.2, 0.25) is 0 Å². The van der Waals surface area contributed by atoms with Gasteiger partial charge in [-0.1, -0.05) is 24.6 Å². The number of aromatic nitrogens is 1. The quantitative estimate of drug-likeness (QED) is 0.912. The van der Waals surface area contributed by atoms with Crippen molar-refractivity contribution in [2.75, 3.05) is 6.54 Å². The lowest BCUT2D eigenvalue weighted by Crippen LogP contribution is -2.22. The molecule has 0 radical (unpaired) electrons. The Morgan fingerprint density at radius 3 is 2.61 bits per heavy atom. The first kappa shape index (κ1) is 13.5. The second kappa shape index (κ2) is 5.83. The van der Waals surface area contributed by atoms with E-state index in [4.69, 9.17) is 11.6 Å². The molecule has 2 aromatic rings. The molecule has 1 N–H and O–H groups in total. The predicted octanol–water partition coefficient (Wildman–Crippen LogP) is 4.11. The molecule has 0 aliphatic rings. The topological polar surface area (TPSA) is 24.9 Å². The summed E-state index contributed by atoms with van der Waals surface area (Å²) in [4.78, 5) is 5.77. The molecule has 0 bridgehead atoms. The number of rotatable bonds is 4. The van der Waals surface area contributed by atoms with Crippen LogP contribution >= 0.6 is 22.9 Å². The summed E-state index contributed by atoms with van der Waals surface area (Å²) in [5.74, 6) is 0. The second-order valence-corrected chi connectivity index (χ2v) is 6.01. The van der Waals surface area contributed by atoms with Crippen molar-refractivity contribution in [3.05, 3.63) is 50.4 Å². The summed E-state index contributed by atoms with van der Waals surface area (Å²) in [7, 11) is 0. The highest BCUT2D eigenvalue weighted by Gasteiger charge is 2.17. The third-order valence-electron chi connectivity index (χ3n) is 2.86. The van der Waals surface area contributed by atoms with Crippen molar-refractivity contribution in [1.29, 1.82) is 0 Å². The summed E-state index contributed by atoms with van der Waals surface area (Å²) < 4.78 is 0.825. The maximum atomic E-state index is 6.03. The molecule has 2 heterocycles. The van der Waals surface area contributed by atoms with Gasteiger partial charge in [0.25, 0.3) is 0 Å². The van der Waals surface area contributed by atoms with Crippen LogP contribution in [0.15, 0.2) is 24.3 Å². The van der Waals surface area contributed by atoms with Crippen molar-refractivity contribution in [2.45, 2.75) is 26.8 Å². The van der Waals surface area contributed by atoms with Gasteiger partial charge in [0.1, 0.15) is 0 Å². The van der Waals surface area contributed by atoms with Crippen molar-refractivity contribution >= 4 is 22.9 Å². The van der Waals surface area contributed by atoms with Crippen LogP contribution in [0.2, 0.25) is 4.34 Å². The molecule has 4 heteroatoms. The van der Waals surface area contributed by atoms with Crippen LogP contribution in [0.25, 0.3) is 0 Å². The average molecular weight is 281 g/mol. The lowest BCUT2D eigenvalue weighted by Gasteiger charge is -2.18. The maximum absolute atomic E-state index is 6.03. The minimum atomic E-state index is 0.181. The summed E-state index contributed by atoms with van der Waals surface area (Å²) in [6, 6.07) is 8.42. The predicted molar refractivity (Wildman–Crippen MR) is 78.6 cm³/mol. The molecule has 2 nitrogen and oxygen atoms in total. The van der Waals surface area contributed by atoms with Gasteiger partial charge in [-0.25, -0.2) is 0 Å². The summed E-state index contributed by atoms with van der Waals surface area (Å²) in [5, 5.41) is 3.50. The highest BCUT2D eigenvalue weighted by molar-refractivity contribution is 7.16. The smallest absolute Gasteiger partial charge is 0.0931 e. The minimum Gasteiger partial charge on any atom is -0.306 e. The Bertz CT molecular complexity index is 536. The van der Waals surface area contributed by atoms with Gasteiger partial charge in [0, 0.05) is 16.3 Å². The molecule has 0 saturated carbocycles. The lowest BCUT2D eigenvalue weighted by atomic mass is 10.0. The fraction of sp³-hybridized carbons (Fsp3) is 0.357. The first-order chi connectivity index (χ1) is 8.61. The number of pyridine rings is 1. The monoisotopic (exact) mass is 280 g/mol. The van der Waals surface area contributed by atoms with E-state index in [2.05, 4.69) is 42.3 Å². The van der Waals surface area contributed by atoms with E-state index in [-0.39, 0.29) is 6.04 Å². The normalized spacial score (nSPS) is 12.7. The zero-order valence-electron chi connectivity index (χ0n) is 10.8. The van der Waals surface area contributed by atoms with E-state index in [9.17, 15) is 0 Å². The number of nitrogens with one attached hydrogen (secondary N) is 1. The highest BCUT2D eigenvalue weighted by atomic mass is 35.5. The third kappa shape index (κ3) is 2.91. The first-order valence-corrected chi connectivity index (χ1v) is 7.24. The first-order valence-electron chi connectivity index (χ1n) is 6.04. The zero-order chi connectivity index (χ0) is 13.1. The number of aryl methyl sites for hydroxylation is 2. The number of hydrogen-bond donors (Lipinski definition) is 1. The molecule has 1 unspecified atom stereocenters. The molecular formula is C14H17ClN2S. The molecule has 18 heavy (non-hydrogen) atoms. The lowest BCUT2D eigenvalue weighted by molar-refractivity contribution is 0.633. The molecule has 96 valence electrons. The van der Waals surface area contributed by atoms with Gasteiger partial charge in [-0.05, 0) is 44.2 Å². The van der Waals surface area contributed by atoms with E-state index in [0.29, 0.717) is 0 Å². The molecule has 0 fully saturated rings. The molecule has 2 aromatic heterocycles. The van der Waals surface area contributed by atoms with Gasteiger partial charge >= 0.3 is 0 Å². The summed E-state index contributed by atoms with van der Waals surface area (Å²) in [6.45, 7) is 7.09. The third-order valence-corrected chi connectivity index (χ3v) is 4.16. The standard InChI is InChI=1S/C14H17ClN2S/c1-4-16-14(12-7-8-13(15)18-12)11-6-5-9(2)17-10(11)3/h5-8,14,16H,4H2,1-3H3. The van der Waals surface area contributed by atoms with Crippen LogP contribution in [0.5, 0.6) is 0 Å². The van der Waals surface area contributed by atoms with Gasteiger partial charge < -0.3 is 5.32 Å². The van der Waals surface area contributed by atoms with Crippen LogP contribution in [0.4, 0.5) is 0 Å². The van der Waals surface area contributed by atoms with Crippen LogP contribution in [-0.4, -0.2) is 11.5 Å². The molecule has 1 atom stereocenters. The molecule has 0 aromatic carbocycles. The molecule has 0 saturated heterocycles. The van der Waals surface area contributed by atoms with E-state index in [0.717, 1.165) is 22.3 Å². The molecule has 0 aliphatic carbocycles. The second-order valence-electron chi connectivity index (χ2n) is 4.26. The Balaban J connectivity index is 2.41. The molecule has 0 spiro atoms. The van der Waals surface area contributed by atoms with Crippen LogP contribution in [0.1, 0.15) is 34.8 Å². The van der Waals surface area contributed by atoms with Gasteiger partial charge in [-0.3, -0.25) is 4.98 Å². The van der Waals surface area contributed by atoms with E-state index in [1.807, 2.05) is 13.0 Å². The van der Waals surface area contributed by atoms with Crippen LogP contribution in [-0.2, 0) is 0 Å². The van der Waals surface area contributed by atoms with E-state index in [1.165, 1.54) is 10.4 Å². The van der Waals surface area contributed by atoms with Crippen LogP contribution in [0.3, 0.4) is 0 Å². The minimum absolute atomic E-state index is 0.181. The average Bonchev–Trinajstić information content (AvgIpc) is 2.73. The Kier molecular flexibility index (Phi) is 4.38. The SMILES string of the molecule is CCNC(c1ccc(Cl)s1)c1ccc(C)nc1C. The summed E-state index contributed by atoms with van der Waals surface area (Å²) >= 11 is 7.65. The summed E-state index contributed by atoms with van der Waals surface area (Å²) in [5.41, 5.74) is 3.35. The molecular weight excluding hydrogens is 264 g/mol. The Hall–Kier alpha value is -0.900. The van der Waals surface area contributed by atoms with Crippen molar-refractivity contribution < 1.29 is 0 Å². The fourth-order valence-corrected chi connectivity index (χ4v) is 3.21. The molecule has 2 rings (SSSR count). The van der Waals surface area contributed by atoms with Crippen LogP contribution < -0.4 is 5.32 Å². The maximum Gasteiger partial charge on any atom is 0.0931 e. The zero-order valence-corrected chi connectivity index (χ0v) is 12.4. The summed E-state index contributed by atoms with van der Waals surface area (Å²) in [6.07, 6.45) is 0. The van der Waals surface area contributed by atoms with Crippen molar-refractivity contribution in [3.8, 4) is 0 Å². The highest BCUT2D eigenvalue weighted by Crippen LogP contribution is 2.32. The number of thiophene rings is 1. The van der Waals surface area contributed by atoms with Gasteiger partial charge in [-0.15, -0.1) is 11.3 Å². The Morgan fingerprint density at radius 1 is 1.28 bits per heavy atom. The van der Waals surface area contributed by atoms with E-state index >= 15 is 0 Å². The number of halogens is 1. The Labute approximate surface area is 117 Å². The van der Waals surface area contributed by atoms with Gasteiger partial charge in [0.15, 0.2) is 0 Å². The van der Waals surface area contributed by atoms with Crippen molar-refractivity contribution in [3.63, 3.8) is 0 Å². The van der Waals surface area contributed by atoms with Crippen molar-refractivity contribution in [1.82, 2.24) is 10.3 Å². The number of hydrogen-bond acceptors (Lipinski definition) is 3. The van der Waals surface area contributed by atoms with Gasteiger partial charge in [0.05, 0.1) is 10.4 Å². The van der Waals surface area contributed by atoms with E-state index < -0.39 is 0 Å². The van der Waals surface area contributed by atoms with E-state index in [1.54, 1.807) is 11.3 Å².